The predicted octanol–water partition coefficient (Wildman–Crippen LogP) is 1.68. The predicted molar refractivity (Wildman–Crippen MR) is 65.1 cm³/mol. The summed E-state index contributed by atoms with van der Waals surface area (Å²) >= 11 is 3.42. The van der Waals surface area contributed by atoms with Crippen LogP contribution in [0.25, 0.3) is 0 Å². The number of nitrogen functional groups attached to an aromatic ring is 1. The number of pyridine rings is 1. The zero-order chi connectivity index (χ0) is 11.4. The second-order valence-electron chi connectivity index (χ2n) is 3.61. The van der Waals surface area contributed by atoms with Gasteiger partial charge in [-0.2, -0.15) is 0 Å². The van der Waals surface area contributed by atoms with Crippen LogP contribution in [0.4, 0.5) is 5.69 Å². The Morgan fingerprint density at radius 1 is 1.53 bits per heavy atom. The van der Waals surface area contributed by atoms with E-state index in [1.807, 2.05) is 21.0 Å². The van der Waals surface area contributed by atoms with Crippen molar-refractivity contribution in [2.45, 2.75) is 6.92 Å². The van der Waals surface area contributed by atoms with E-state index in [0.717, 1.165) is 16.6 Å². The highest BCUT2D eigenvalue weighted by Crippen LogP contribution is 2.29. The number of nitrogens with zero attached hydrogens (tertiary/aromatic N) is 2. The van der Waals surface area contributed by atoms with E-state index in [2.05, 4.69) is 25.8 Å². The highest BCUT2D eigenvalue weighted by molar-refractivity contribution is 9.10. The second-order valence-corrected chi connectivity index (χ2v) is 4.40. The summed E-state index contributed by atoms with van der Waals surface area (Å²) in [5, 5.41) is 0. The standard InChI is InChI=1S/C10H16BrN3O/c1-7-8(12)6-13-10(9(7)11)15-5-4-14(2)3/h6H,4-5,12H2,1-3H3. The molecule has 2 N–H and O–H groups in total. The van der Waals surface area contributed by atoms with Crippen molar-refractivity contribution in [1.29, 1.82) is 0 Å². The molecule has 0 amide bonds. The van der Waals surface area contributed by atoms with Gasteiger partial charge in [-0.15, -0.1) is 0 Å². The van der Waals surface area contributed by atoms with Gasteiger partial charge in [0.05, 0.1) is 16.4 Å². The SMILES string of the molecule is Cc1c(N)cnc(OCCN(C)C)c1Br. The first-order chi connectivity index (χ1) is 7.02. The molecule has 5 heteroatoms. The quantitative estimate of drug-likeness (QED) is 0.907. The van der Waals surface area contributed by atoms with Crippen molar-refractivity contribution in [3.63, 3.8) is 0 Å². The largest absolute Gasteiger partial charge is 0.475 e. The lowest BCUT2D eigenvalue weighted by molar-refractivity contribution is 0.252. The molecule has 0 unspecified atom stereocenters. The van der Waals surface area contributed by atoms with Gasteiger partial charge in [-0.1, -0.05) is 0 Å². The second kappa shape index (κ2) is 5.32. The Hall–Kier alpha value is -0.810. The van der Waals surface area contributed by atoms with Gasteiger partial charge in [0.2, 0.25) is 5.88 Å². The van der Waals surface area contributed by atoms with Gasteiger partial charge in [-0.25, -0.2) is 4.98 Å². The fraction of sp³-hybridized carbons (Fsp3) is 0.500. The Bertz CT molecular complexity index is 342. The summed E-state index contributed by atoms with van der Waals surface area (Å²) in [5.41, 5.74) is 7.34. The molecule has 1 heterocycles. The summed E-state index contributed by atoms with van der Waals surface area (Å²) in [6.45, 7) is 3.40. The smallest absolute Gasteiger partial charge is 0.228 e. The number of anilines is 1. The normalized spacial score (nSPS) is 10.7. The summed E-state index contributed by atoms with van der Waals surface area (Å²) in [6, 6.07) is 0. The van der Waals surface area contributed by atoms with Crippen LogP contribution in [0.2, 0.25) is 0 Å². The third-order valence-electron chi connectivity index (χ3n) is 2.05. The lowest BCUT2D eigenvalue weighted by Crippen LogP contribution is -2.19. The van der Waals surface area contributed by atoms with Crippen LogP contribution in [-0.2, 0) is 0 Å². The van der Waals surface area contributed by atoms with Gasteiger partial charge in [0.1, 0.15) is 6.61 Å². The van der Waals surface area contributed by atoms with Gasteiger partial charge in [-0.05, 0) is 42.5 Å². The van der Waals surface area contributed by atoms with Gasteiger partial charge < -0.3 is 15.4 Å². The van der Waals surface area contributed by atoms with Crippen LogP contribution in [0.5, 0.6) is 5.88 Å². The van der Waals surface area contributed by atoms with Crippen LogP contribution >= 0.6 is 15.9 Å². The maximum Gasteiger partial charge on any atom is 0.228 e. The minimum atomic E-state index is 0.601. The maximum absolute atomic E-state index is 5.71. The van der Waals surface area contributed by atoms with Crippen molar-refractivity contribution in [1.82, 2.24) is 9.88 Å². The van der Waals surface area contributed by atoms with Gasteiger partial charge in [0.25, 0.3) is 0 Å². The topological polar surface area (TPSA) is 51.4 Å². The summed E-state index contributed by atoms with van der Waals surface area (Å²) in [7, 11) is 4.00. The molecule has 0 aliphatic carbocycles. The Balaban J connectivity index is 2.66. The molecule has 0 fully saturated rings. The molecule has 15 heavy (non-hydrogen) atoms. The molecule has 1 rings (SSSR count). The number of rotatable bonds is 4. The van der Waals surface area contributed by atoms with Crippen molar-refractivity contribution in [3.8, 4) is 5.88 Å². The molecule has 0 radical (unpaired) electrons. The van der Waals surface area contributed by atoms with Gasteiger partial charge >= 0.3 is 0 Å². The van der Waals surface area contributed by atoms with E-state index in [-0.39, 0.29) is 0 Å². The number of hydrogen-bond acceptors (Lipinski definition) is 4. The third kappa shape index (κ3) is 3.35. The highest BCUT2D eigenvalue weighted by Gasteiger charge is 2.08. The fourth-order valence-corrected chi connectivity index (χ4v) is 1.44. The molecular weight excluding hydrogens is 258 g/mol. The van der Waals surface area contributed by atoms with E-state index in [9.17, 15) is 0 Å². The van der Waals surface area contributed by atoms with Crippen LogP contribution in [0.1, 0.15) is 5.56 Å². The number of hydrogen-bond donors (Lipinski definition) is 1. The number of aromatic nitrogens is 1. The maximum atomic E-state index is 5.71. The van der Waals surface area contributed by atoms with Crippen LogP contribution in [0.15, 0.2) is 10.7 Å². The van der Waals surface area contributed by atoms with Gasteiger partial charge in [-0.3, -0.25) is 0 Å². The van der Waals surface area contributed by atoms with Crippen molar-refractivity contribution in [2.75, 3.05) is 33.0 Å². The zero-order valence-corrected chi connectivity index (χ0v) is 10.8. The minimum absolute atomic E-state index is 0.601. The van der Waals surface area contributed by atoms with Crippen LogP contribution in [0, 0.1) is 6.92 Å². The average Bonchev–Trinajstić information content (AvgIpc) is 2.18. The van der Waals surface area contributed by atoms with E-state index in [1.54, 1.807) is 6.20 Å². The Kier molecular flexibility index (Phi) is 4.35. The molecule has 0 atom stereocenters. The van der Waals surface area contributed by atoms with Crippen molar-refractivity contribution in [2.24, 2.45) is 0 Å². The molecule has 0 saturated heterocycles. The van der Waals surface area contributed by atoms with E-state index >= 15 is 0 Å². The Morgan fingerprint density at radius 2 is 2.20 bits per heavy atom. The first-order valence-corrected chi connectivity index (χ1v) is 5.49. The van der Waals surface area contributed by atoms with Crippen LogP contribution in [0.3, 0.4) is 0 Å². The summed E-state index contributed by atoms with van der Waals surface area (Å²) in [4.78, 5) is 6.18. The molecule has 0 aliphatic heterocycles. The minimum Gasteiger partial charge on any atom is -0.475 e. The Labute approximate surface area is 98.6 Å². The lowest BCUT2D eigenvalue weighted by atomic mass is 10.2. The lowest BCUT2D eigenvalue weighted by Gasteiger charge is -2.12. The third-order valence-corrected chi connectivity index (χ3v) is 2.98. The first-order valence-electron chi connectivity index (χ1n) is 4.70. The Morgan fingerprint density at radius 3 is 2.80 bits per heavy atom. The van der Waals surface area contributed by atoms with Crippen molar-refractivity contribution >= 4 is 21.6 Å². The van der Waals surface area contributed by atoms with Crippen molar-refractivity contribution < 1.29 is 4.74 Å². The summed E-state index contributed by atoms with van der Waals surface area (Å²) in [5.74, 6) is 0.601. The summed E-state index contributed by atoms with van der Waals surface area (Å²) < 4.78 is 6.36. The van der Waals surface area contributed by atoms with E-state index < -0.39 is 0 Å². The summed E-state index contributed by atoms with van der Waals surface area (Å²) in [6.07, 6.45) is 1.62. The molecule has 0 saturated carbocycles. The first kappa shape index (κ1) is 12.3. The van der Waals surface area contributed by atoms with E-state index in [1.165, 1.54) is 0 Å². The van der Waals surface area contributed by atoms with E-state index in [4.69, 9.17) is 10.5 Å². The average molecular weight is 274 g/mol. The molecule has 0 aromatic carbocycles. The van der Waals surface area contributed by atoms with E-state index in [0.29, 0.717) is 18.2 Å². The van der Waals surface area contributed by atoms with Crippen LogP contribution < -0.4 is 10.5 Å². The molecule has 0 aliphatic rings. The molecule has 0 spiro atoms. The molecular formula is C10H16BrN3O. The number of ether oxygens (including phenoxy) is 1. The number of likely N-dealkylation sites (N-methyl/N-ethyl adjacent to an activating group) is 1. The van der Waals surface area contributed by atoms with Gasteiger partial charge in [0.15, 0.2) is 0 Å². The fourth-order valence-electron chi connectivity index (χ4n) is 0.994. The van der Waals surface area contributed by atoms with Crippen LogP contribution in [-0.4, -0.2) is 37.1 Å². The molecule has 1 aromatic heterocycles. The molecule has 0 bridgehead atoms. The van der Waals surface area contributed by atoms with Gasteiger partial charge in [0, 0.05) is 6.54 Å². The van der Waals surface area contributed by atoms with Crippen molar-refractivity contribution in [3.05, 3.63) is 16.2 Å². The zero-order valence-electron chi connectivity index (χ0n) is 9.25. The number of nitrogens with two attached hydrogens (primary N) is 1. The monoisotopic (exact) mass is 273 g/mol. The molecule has 84 valence electrons. The molecule has 1 aromatic rings. The highest BCUT2D eigenvalue weighted by atomic mass is 79.9. The number of halogens is 1. The molecule has 4 nitrogen and oxygen atoms in total.